The van der Waals surface area contributed by atoms with E-state index in [0.29, 0.717) is 0 Å². The minimum Gasteiger partial charge on any atom is -0.365 e. The van der Waals surface area contributed by atoms with Gasteiger partial charge in [0.1, 0.15) is 0 Å². The summed E-state index contributed by atoms with van der Waals surface area (Å²) >= 11 is 0. The quantitative estimate of drug-likeness (QED) is 0.376. The Labute approximate surface area is 96.8 Å². The van der Waals surface area contributed by atoms with Crippen molar-refractivity contribution in [1.82, 2.24) is 9.80 Å². The predicted octanol–water partition coefficient (Wildman–Crippen LogP) is -1.64. The van der Waals surface area contributed by atoms with E-state index in [9.17, 15) is 0 Å². The first-order valence-electron chi connectivity index (χ1n) is 4.29. The molecule has 0 aliphatic rings. The van der Waals surface area contributed by atoms with Crippen molar-refractivity contribution in [2.45, 2.75) is 6.42 Å². The number of nitrogens with zero attached hydrogens (tertiary/aromatic N) is 2. The molecule has 0 saturated heterocycles. The molecule has 2 nitrogen and oxygen atoms in total. The molecule has 0 bridgehead atoms. The van der Waals surface area contributed by atoms with E-state index in [1.165, 1.54) is 0 Å². The van der Waals surface area contributed by atoms with Crippen LogP contribution in [0.25, 0.3) is 0 Å². The van der Waals surface area contributed by atoms with Crippen molar-refractivity contribution >= 4 is 0 Å². The zero-order chi connectivity index (χ0) is 9.98. The SMILES string of the molecule is [CH2-]CCN(C)C.[CH2-]CN(C)C[CH2-].[Li+]. The standard InChI is InChI=1S/C5H12N.C5H11N.Li/c1-4-5-6(2)3;1-4-6(3)5-2;/h1,4-5H2,2-3H3;1-2,4-5H2,3H3;/q-1;-2;+1. The van der Waals surface area contributed by atoms with Gasteiger partial charge in [0.15, 0.2) is 0 Å². The van der Waals surface area contributed by atoms with Gasteiger partial charge in [-0.15, -0.1) is 13.1 Å². The van der Waals surface area contributed by atoms with Gasteiger partial charge in [0, 0.05) is 0 Å². The van der Waals surface area contributed by atoms with Crippen LogP contribution in [0.1, 0.15) is 6.42 Å². The van der Waals surface area contributed by atoms with Gasteiger partial charge in [0.25, 0.3) is 0 Å². The summed E-state index contributed by atoms with van der Waals surface area (Å²) in [6, 6.07) is 0. The molecule has 0 spiro atoms. The Hall–Kier alpha value is 0.517. The molecular formula is C10H23LiN2-2. The molecule has 0 aliphatic carbocycles. The molecule has 0 aromatic rings. The van der Waals surface area contributed by atoms with Crippen LogP contribution in [0.3, 0.4) is 0 Å². The molecule has 0 fully saturated rings. The van der Waals surface area contributed by atoms with Gasteiger partial charge in [-0.1, -0.05) is 0 Å². The Morgan fingerprint density at radius 3 is 1.31 bits per heavy atom. The maximum absolute atomic E-state index is 3.68. The molecule has 0 N–H and O–H groups in total. The molecule has 3 heteroatoms. The van der Waals surface area contributed by atoms with Crippen molar-refractivity contribution in [2.24, 2.45) is 0 Å². The fourth-order valence-corrected chi connectivity index (χ4v) is 0.428. The van der Waals surface area contributed by atoms with Crippen molar-refractivity contribution in [3.05, 3.63) is 20.8 Å². The van der Waals surface area contributed by atoms with E-state index in [1.54, 1.807) is 0 Å². The molecule has 0 aromatic heterocycles. The largest absolute Gasteiger partial charge is 1.00 e. The van der Waals surface area contributed by atoms with Crippen LogP contribution in [0.4, 0.5) is 0 Å². The van der Waals surface area contributed by atoms with Gasteiger partial charge in [0.2, 0.25) is 0 Å². The van der Waals surface area contributed by atoms with Crippen LogP contribution in [0.5, 0.6) is 0 Å². The summed E-state index contributed by atoms with van der Waals surface area (Å²) in [6.07, 6.45) is 1.01. The molecular weight excluding hydrogens is 155 g/mol. The Morgan fingerprint density at radius 2 is 1.31 bits per heavy atom. The molecule has 0 aliphatic heterocycles. The first kappa shape index (κ1) is 19.1. The number of hydrogen-bond donors (Lipinski definition) is 0. The van der Waals surface area contributed by atoms with Crippen LogP contribution < -0.4 is 18.9 Å². The van der Waals surface area contributed by atoms with Crippen LogP contribution in [-0.4, -0.2) is 50.6 Å². The summed E-state index contributed by atoms with van der Waals surface area (Å²) < 4.78 is 0. The number of hydrogen-bond acceptors (Lipinski definition) is 2. The maximum Gasteiger partial charge on any atom is 1.00 e. The molecule has 0 radical (unpaired) electrons. The molecule has 0 aromatic carbocycles. The third-order valence-corrected chi connectivity index (χ3v) is 1.37. The second-order valence-corrected chi connectivity index (χ2v) is 2.96. The van der Waals surface area contributed by atoms with Crippen LogP contribution >= 0.6 is 0 Å². The summed E-state index contributed by atoms with van der Waals surface area (Å²) in [7, 11) is 6.08. The van der Waals surface area contributed by atoms with Gasteiger partial charge >= 0.3 is 18.9 Å². The van der Waals surface area contributed by atoms with Crippen LogP contribution in [-0.2, 0) is 0 Å². The zero-order valence-electron chi connectivity index (χ0n) is 9.84. The third-order valence-electron chi connectivity index (χ3n) is 1.37. The summed E-state index contributed by atoms with van der Waals surface area (Å²) in [6.45, 7) is 13.8. The average molecular weight is 178 g/mol. The van der Waals surface area contributed by atoms with Crippen molar-refractivity contribution < 1.29 is 18.9 Å². The Kier molecular flexibility index (Phi) is 22.1. The monoisotopic (exact) mass is 178 g/mol. The third kappa shape index (κ3) is 24.5. The van der Waals surface area contributed by atoms with E-state index < -0.39 is 0 Å². The van der Waals surface area contributed by atoms with Crippen molar-refractivity contribution in [3.63, 3.8) is 0 Å². The van der Waals surface area contributed by atoms with Crippen LogP contribution in [0.15, 0.2) is 0 Å². The predicted molar refractivity (Wildman–Crippen MR) is 56.7 cm³/mol. The molecule has 76 valence electrons. The normalized spacial score (nSPS) is 9.23. The topological polar surface area (TPSA) is 6.48 Å². The summed E-state index contributed by atoms with van der Waals surface area (Å²) in [5, 5.41) is 0. The Balaban J connectivity index is -0.000000143. The summed E-state index contributed by atoms with van der Waals surface area (Å²) in [4.78, 5) is 4.15. The Bertz CT molecular complexity index is 73.3. The molecule has 0 rings (SSSR count). The zero-order valence-corrected chi connectivity index (χ0v) is 9.84. The van der Waals surface area contributed by atoms with E-state index in [1.807, 2.05) is 26.0 Å². The fourth-order valence-electron chi connectivity index (χ4n) is 0.428. The molecule has 0 unspecified atom stereocenters. The van der Waals surface area contributed by atoms with E-state index in [0.717, 1.165) is 26.1 Å². The minimum atomic E-state index is 0. The van der Waals surface area contributed by atoms with E-state index in [4.69, 9.17) is 0 Å². The van der Waals surface area contributed by atoms with Gasteiger partial charge in [-0.25, -0.2) is 0 Å². The van der Waals surface area contributed by atoms with E-state index in [-0.39, 0.29) is 18.9 Å². The molecule has 0 heterocycles. The second kappa shape index (κ2) is 15.0. The molecule has 13 heavy (non-hydrogen) atoms. The maximum atomic E-state index is 3.68. The first-order valence-corrected chi connectivity index (χ1v) is 4.29. The van der Waals surface area contributed by atoms with Crippen molar-refractivity contribution in [1.29, 1.82) is 0 Å². The van der Waals surface area contributed by atoms with Crippen molar-refractivity contribution in [2.75, 3.05) is 40.8 Å². The molecule has 0 amide bonds. The smallest absolute Gasteiger partial charge is 0.365 e. The van der Waals surface area contributed by atoms with E-state index >= 15 is 0 Å². The van der Waals surface area contributed by atoms with Crippen LogP contribution in [0.2, 0.25) is 0 Å². The average Bonchev–Trinajstić information content (AvgIpc) is 2.04. The van der Waals surface area contributed by atoms with Gasteiger partial charge in [-0.2, -0.15) is 6.42 Å². The Morgan fingerprint density at radius 1 is 0.923 bits per heavy atom. The van der Waals surface area contributed by atoms with Crippen LogP contribution in [0, 0.1) is 20.8 Å². The summed E-state index contributed by atoms with van der Waals surface area (Å²) in [5.41, 5.74) is 0. The van der Waals surface area contributed by atoms with Gasteiger partial charge in [-0.3, -0.25) is 0 Å². The van der Waals surface area contributed by atoms with Gasteiger partial charge in [-0.05, 0) is 27.7 Å². The molecule has 0 saturated carbocycles. The van der Waals surface area contributed by atoms with Gasteiger partial charge < -0.3 is 30.6 Å². The van der Waals surface area contributed by atoms with Gasteiger partial charge in [0.05, 0.1) is 0 Å². The first-order chi connectivity index (χ1) is 5.58. The number of rotatable bonds is 4. The van der Waals surface area contributed by atoms with E-state index in [2.05, 4.69) is 25.7 Å². The minimum absolute atomic E-state index is 0. The fraction of sp³-hybridized carbons (Fsp3) is 0.700. The molecule has 0 atom stereocenters. The van der Waals surface area contributed by atoms with Crippen molar-refractivity contribution in [3.8, 4) is 0 Å². The summed E-state index contributed by atoms with van der Waals surface area (Å²) in [5.74, 6) is 0. The second-order valence-electron chi connectivity index (χ2n) is 2.96.